The highest BCUT2D eigenvalue weighted by Gasteiger charge is 2.23. The quantitative estimate of drug-likeness (QED) is 0.129. The van der Waals surface area contributed by atoms with Gasteiger partial charge in [0.1, 0.15) is 0 Å². The van der Waals surface area contributed by atoms with Crippen LogP contribution in [0.15, 0.2) is 164 Å². The van der Waals surface area contributed by atoms with Crippen molar-refractivity contribution in [3.8, 4) is 5.69 Å². The van der Waals surface area contributed by atoms with Crippen LogP contribution in [0.5, 0.6) is 0 Å². The standard InChI is InChI=1S/C44H36N2/c1-3-5-7-17-31(4-2)35-22-10-13-25-38(35)46-40-27-15-12-24-37(40)44-42(46)29-28-41-43(44)36-23-11-14-26-39(36)45(41)34-21-16-20-33(30-34)32-18-8-6-9-19-32/h3-4,6-20,22-30,34H,1,5,21H2,2H3/b17-7-,31-4+. The van der Waals surface area contributed by atoms with Crippen LogP contribution in [0.1, 0.15) is 36.9 Å². The average molecular weight is 593 g/mol. The van der Waals surface area contributed by atoms with Crippen LogP contribution in [0, 0.1) is 0 Å². The summed E-state index contributed by atoms with van der Waals surface area (Å²) in [5, 5.41) is 5.20. The van der Waals surface area contributed by atoms with Crippen molar-refractivity contribution < 1.29 is 0 Å². The number of aromatic nitrogens is 2. The summed E-state index contributed by atoms with van der Waals surface area (Å²) in [7, 11) is 0. The summed E-state index contributed by atoms with van der Waals surface area (Å²) >= 11 is 0. The lowest BCUT2D eigenvalue weighted by Crippen LogP contribution is -2.08. The van der Waals surface area contributed by atoms with Gasteiger partial charge in [0.05, 0.1) is 28.3 Å². The molecule has 2 heteroatoms. The fourth-order valence-corrected chi connectivity index (χ4v) is 7.38. The number of rotatable bonds is 7. The van der Waals surface area contributed by atoms with Crippen LogP contribution in [0.25, 0.3) is 60.4 Å². The minimum Gasteiger partial charge on any atom is -0.333 e. The molecule has 2 heterocycles. The first-order chi connectivity index (χ1) is 22.8. The lowest BCUT2D eigenvalue weighted by molar-refractivity contribution is 0.650. The molecule has 0 spiro atoms. The van der Waals surface area contributed by atoms with Crippen LogP contribution in [0.2, 0.25) is 0 Å². The van der Waals surface area contributed by atoms with E-state index in [1.165, 1.54) is 71.6 Å². The number of allylic oxidation sites excluding steroid dienone is 9. The highest BCUT2D eigenvalue weighted by Crippen LogP contribution is 2.44. The smallest absolute Gasteiger partial charge is 0.0566 e. The second kappa shape index (κ2) is 11.7. The van der Waals surface area contributed by atoms with E-state index in [0.29, 0.717) is 0 Å². The minimum atomic E-state index is 0.216. The van der Waals surface area contributed by atoms with Crippen LogP contribution in [0.3, 0.4) is 0 Å². The number of nitrogens with zero attached hydrogens (tertiary/aromatic N) is 2. The van der Waals surface area contributed by atoms with Crippen LogP contribution < -0.4 is 0 Å². The molecule has 0 bridgehead atoms. The molecule has 1 atom stereocenters. The summed E-state index contributed by atoms with van der Waals surface area (Å²) in [6.07, 6.45) is 17.4. The van der Waals surface area contributed by atoms with Gasteiger partial charge in [-0.25, -0.2) is 0 Å². The van der Waals surface area contributed by atoms with E-state index in [-0.39, 0.29) is 6.04 Å². The van der Waals surface area contributed by atoms with Gasteiger partial charge in [-0.2, -0.15) is 0 Å². The lowest BCUT2D eigenvalue weighted by Gasteiger charge is -2.21. The van der Waals surface area contributed by atoms with E-state index < -0.39 is 0 Å². The molecule has 2 aromatic heterocycles. The van der Waals surface area contributed by atoms with E-state index in [1.54, 1.807) is 0 Å². The summed E-state index contributed by atoms with van der Waals surface area (Å²) in [6.45, 7) is 6.01. The van der Waals surface area contributed by atoms with E-state index in [4.69, 9.17) is 0 Å². The third-order valence-electron chi connectivity index (χ3n) is 9.36. The Morgan fingerprint density at radius 2 is 1.41 bits per heavy atom. The number of fused-ring (bicyclic) bond motifs is 7. The van der Waals surface area contributed by atoms with Gasteiger partial charge in [-0.3, -0.25) is 0 Å². The average Bonchev–Trinajstić information content (AvgIpc) is 3.63. The van der Waals surface area contributed by atoms with Crippen molar-refractivity contribution in [2.45, 2.75) is 25.8 Å². The van der Waals surface area contributed by atoms with Crippen molar-refractivity contribution in [3.05, 3.63) is 175 Å². The first-order valence-corrected chi connectivity index (χ1v) is 16.2. The van der Waals surface area contributed by atoms with E-state index in [0.717, 1.165) is 12.8 Å². The molecule has 0 fully saturated rings. The summed E-state index contributed by atoms with van der Waals surface area (Å²) in [4.78, 5) is 0. The third kappa shape index (κ3) is 4.49. The molecule has 2 nitrogen and oxygen atoms in total. The van der Waals surface area contributed by atoms with Gasteiger partial charge < -0.3 is 9.13 Å². The van der Waals surface area contributed by atoms with Crippen molar-refractivity contribution in [2.24, 2.45) is 0 Å². The van der Waals surface area contributed by atoms with Crippen molar-refractivity contribution in [1.82, 2.24) is 9.13 Å². The molecule has 1 aliphatic rings. The van der Waals surface area contributed by atoms with Crippen molar-refractivity contribution in [2.75, 3.05) is 0 Å². The maximum atomic E-state index is 3.90. The second-order valence-corrected chi connectivity index (χ2v) is 12.0. The Labute approximate surface area is 270 Å². The molecule has 5 aromatic carbocycles. The van der Waals surface area contributed by atoms with Gasteiger partial charge in [0.25, 0.3) is 0 Å². The largest absolute Gasteiger partial charge is 0.333 e. The normalized spacial score (nSPS) is 15.5. The Bertz CT molecular complexity index is 2390. The maximum absolute atomic E-state index is 3.90. The predicted octanol–water partition coefficient (Wildman–Crippen LogP) is 12.0. The van der Waals surface area contributed by atoms with Gasteiger partial charge in [0, 0.05) is 32.6 Å². The first kappa shape index (κ1) is 27.9. The van der Waals surface area contributed by atoms with Gasteiger partial charge >= 0.3 is 0 Å². The van der Waals surface area contributed by atoms with E-state index in [9.17, 15) is 0 Å². The van der Waals surface area contributed by atoms with Gasteiger partial charge in [-0.15, -0.1) is 6.58 Å². The van der Waals surface area contributed by atoms with Gasteiger partial charge in [-0.05, 0) is 66.8 Å². The summed E-state index contributed by atoms with van der Waals surface area (Å²) in [6, 6.07) is 42.3. The maximum Gasteiger partial charge on any atom is 0.0566 e. The predicted molar refractivity (Wildman–Crippen MR) is 199 cm³/mol. The molecule has 8 rings (SSSR count). The van der Waals surface area contributed by atoms with Crippen molar-refractivity contribution in [1.29, 1.82) is 0 Å². The highest BCUT2D eigenvalue weighted by atomic mass is 15.0. The number of benzene rings is 5. The minimum absolute atomic E-state index is 0.216. The zero-order chi connectivity index (χ0) is 31.0. The Morgan fingerprint density at radius 3 is 2.22 bits per heavy atom. The Hall–Kier alpha value is -5.60. The highest BCUT2D eigenvalue weighted by molar-refractivity contribution is 6.28. The second-order valence-electron chi connectivity index (χ2n) is 12.0. The van der Waals surface area contributed by atoms with Crippen LogP contribution in [-0.4, -0.2) is 9.13 Å². The summed E-state index contributed by atoms with van der Waals surface area (Å²) in [5.41, 5.74) is 11.1. The molecule has 222 valence electrons. The fraction of sp³-hybridized carbons (Fsp3) is 0.0909. The molecule has 7 aromatic rings. The first-order valence-electron chi connectivity index (χ1n) is 16.2. The van der Waals surface area contributed by atoms with Gasteiger partial charge in [-0.1, -0.05) is 127 Å². The van der Waals surface area contributed by atoms with Gasteiger partial charge in [0.15, 0.2) is 0 Å². The van der Waals surface area contributed by atoms with Crippen molar-refractivity contribution in [3.63, 3.8) is 0 Å². The SMILES string of the molecule is C=CC/C=C\C(=C/C)c1ccccc1-n1c2ccccc2c2c3c4ccccc4n(C4C=C(c5ccccc5)C=CC4)c3ccc21. The topological polar surface area (TPSA) is 9.86 Å². The summed E-state index contributed by atoms with van der Waals surface area (Å²) in [5.74, 6) is 0. The molecule has 0 saturated carbocycles. The van der Waals surface area contributed by atoms with Crippen LogP contribution in [-0.2, 0) is 0 Å². The van der Waals surface area contributed by atoms with Crippen LogP contribution in [0.4, 0.5) is 0 Å². The van der Waals surface area contributed by atoms with Gasteiger partial charge in [0.2, 0.25) is 0 Å². The molecule has 1 aliphatic carbocycles. The van der Waals surface area contributed by atoms with Crippen LogP contribution >= 0.6 is 0 Å². The summed E-state index contributed by atoms with van der Waals surface area (Å²) < 4.78 is 5.03. The molecule has 0 saturated heterocycles. The Kier molecular flexibility index (Phi) is 7.11. The molecule has 0 amide bonds. The monoisotopic (exact) mass is 592 g/mol. The lowest BCUT2D eigenvalue weighted by atomic mass is 9.96. The molecule has 0 aliphatic heterocycles. The number of hydrogen-bond donors (Lipinski definition) is 0. The molecule has 46 heavy (non-hydrogen) atoms. The van der Waals surface area contributed by atoms with E-state index in [2.05, 4.69) is 174 Å². The molecular formula is C44H36N2. The Morgan fingerprint density at radius 1 is 0.739 bits per heavy atom. The third-order valence-corrected chi connectivity index (χ3v) is 9.36. The van der Waals surface area contributed by atoms with E-state index in [1.807, 2.05) is 6.08 Å². The number of hydrogen-bond acceptors (Lipinski definition) is 0. The van der Waals surface area contributed by atoms with Crippen molar-refractivity contribution >= 4 is 54.8 Å². The van der Waals surface area contributed by atoms with E-state index >= 15 is 0 Å². The zero-order valence-electron chi connectivity index (χ0n) is 26.1. The zero-order valence-corrected chi connectivity index (χ0v) is 26.1. The number of para-hydroxylation sites is 3. The Balaban J connectivity index is 1.42. The molecule has 1 unspecified atom stereocenters. The molecular weight excluding hydrogens is 556 g/mol. The fourth-order valence-electron chi connectivity index (χ4n) is 7.38. The molecule has 0 N–H and O–H groups in total. The molecule has 0 radical (unpaired) electrons.